The normalized spacial score (nSPS) is 10.6. The summed E-state index contributed by atoms with van der Waals surface area (Å²) in [5.74, 6) is -0.119. The van der Waals surface area contributed by atoms with E-state index in [-0.39, 0.29) is 5.82 Å². The fourth-order valence-electron chi connectivity index (χ4n) is 2.47. The summed E-state index contributed by atoms with van der Waals surface area (Å²) in [5, 5.41) is 0. The lowest BCUT2D eigenvalue weighted by Crippen LogP contribution is -1.99. The van der Waals surface area contributed by atoms with E-state index in [0.717, 1.165) is 24.8 Å². The van der Waals surface area contributed by atoms with Crippen molar-refractivity contribution < 1.29 is 4.39 Å². The fraction of sp³-hybridized carbons (Fsp3) is 0.263. The number of rotatable bonds is 5. The zero-order valence-corrected chi connectivity index (χ0v) is 12.2. The highest BCUT2D eigenvalue weighted by Crippen LogP contribution is 2.21. The quantitative estimate of drug-likeness (QED) is 0.658. The Bertz CT molecular complexity index is 611. The van der Waals surface area contributed by atoms with Crippen molar-refractivity contribution in [2.45, 2.75) is 33.1 Å². The molecule has 0 amide bonds. The second-order valence-corrected chi connectivity index (χ2v) is 5.30. The number of benzene rings is 2. The van der Waals surface area contributed by atoms with Crippen LogP contribution in [0, 0.1) is 19.7 Å². The Hall–Kier alpha value is -1.89. The molecule has 0 aliphatic rings. The van der Waals surface area contributed by atoms with Crippen LogP contribution in [0.2, 0.25) is 0 Å². The minimum atomic E-state index is -0.119. The Morgan fingerprint density at radius 3 is 2.40 bits per heavy atom. The van der Waals surface area contributed by atoms with Gasteiger partial charge in [-0.2, -0.15) is 0 Å². The van der Waals surface area contributed by atoms with Gasteiger partial charge < -0.3 is 0 Å². The van der Waals surface area contributed by atoms with Crippen molar-refractivity contribution in [2.75, 3.05) is 0 Å². The van der Waals surface area contributed by atoms with Crippen LogP contribution in [0.5, 0.6) is 0 Å². The average molecular weight is 268 g/mol. The Kier molecular flexibility index (Phi) is 4.73. The van der Waals surface area contributed by atoms with Gasteiger partial charge >= 0.3 is 0 Å². The fourth-order valence-corrected chi connectivity index (χ4v) is 2.47. The monoisotopic (exact) mass is 268 g/mol. The molecular weight excluding hydrogens is 247 g/mol. The molecule has 0 heterocycles. The van der Waals surface area contributed by atoms with Gasteiger partial charge in [0.15, 0.2) is 0 Å². The molecule has 2 aromatic rings. The van der Waals surface area contributed by atoms with Gasteiger partial charge in [0.25, 0.3) is 0 Å². The van der Waals surface area contributed by atoms with E-state index in [1.165, 1.54) is 16.7 Å². The van der Waals surface area contributed by atoms with E-state index in [4.69, 9.17) is 0 Å². The van der Waals surface area contributed by atoms with E-state index >= 15 is 0 Å². The molecule has 1 heteroatoms. The highest BCUT2D eigenvalue weighted by molar-refractivity contribution is 5.38. The van der Waals surface area contributed by atoms with Crippen molar-refractivity contribution in [3.63, 3.8) is 0 Å². The minimum Gasteiger partial charge on any atom is -0.207 e. The summed E-state index contributed by atoms with van der Waals surface area (Å²) in [4.78, 5) is 0. The van der Waals surface area contributed by atoms with Crippen LogP contribution >= 0.6 is 0 Å². The molecule has 0 nitrogen and oxygen atoms in total. The molecule has 2 rings (SSSR count). The summed E-state index contributed by atoms with van der Waals surface area (Å²) in [7, 11) is 0. The molecule has 0 aromatic heterocycles. The Balaban J connectivity index is 2.30. The number of aryl methyl sites for hydroxylation is 3. The highest BCUT2D eigenvalue weighted by Gasteiger charge is 2.07. The maximum Gasteiger partial charge on any atom is 0.126 e. The van der Waals surface area contributed by atoms with E-state index in [9.17, 15) is 4.39 Å². The molecule has 0 fully saturated rings. The van der Waals surface area contributed by atoms with Gasteiger partial charge in [0.1, 0.15) is 5.82 Å². The smallest absolute Gasteiger partial charge is 0.126 e. The summed E-state index contributed by atoms with van der Waals surface area (Å²) in [6.45, 7) is 7.58. The van der Waals surface area contributed by atoms with Gasteiger partial charge in [-0.15, -0.1) is 6.58 Å². The lowest BCUT2D eigenvalue weighted by molar-refractivity contribution is 0.616. The number of allylic oxidation sites excluding steroid dienone is 1. The van der Waals surface area contributed by atoms with Crippen LogP contribution in [-0.2, 0) is 12.8 Å². The number of halogens is 1. The van der Waals surface area contributed by atoms with Crippen molar-refractivity contribution in [1.82, 2.24) is 0 Å². The molecule has 0 saturated heterocycles. The first-order valence-corrected chi connectivity index (χ1v) is 7.05. The molecule has 0 atom stereocenters. The second kappa shape index (κ2) is 6.51. The van der Waals surface area contributed by atoms with Crippen LogP contribution in [0.3, 0.4) is 0 Å². The molecule has 104 valence electrons. The average Bonchev–Trinajstić information content (AvgIpc) is 2.44. The first kappa shape index (κ1) is 14.5. The lowest BCUT2D eigenvalue weighted by Gasteiger charge is -2.12. The van der Waals surface area contributed by atoms with Gasteiger partial charge in [-0.25, -0.2) is 4.39 Å². The molecular formula is C19H21F. The maximum absolute atomic E-state index is 13.5. The van der Waals surface area contributed by atoms with Crippen LogP contribution in [0.1, 0.15) is 34.2 Å². The van der Waals surface area contributed by atoms with Crippen LogP contribution in [0.15, 0.2) is 49.1 Å². The third-order valence-corrected chi connectivity index (χ3v) is 3.73. The summed E-state index contributed by atoms with van der Waals surface area (Å²) in [6, 6.07) is 12.1. The van der Waals surface area contributed by atoms with Crippen LogP contribution in [0.4, 0.5) is 4.39 Å². The Morgan fingerprint density at radius 2 is 1.70 bits per heavy atom. The molecule has 0 aliphatic carbocycles. The van der Waals surface area contributed by atoms with E-state index in [2.05, 4.69) is 30.8 Å². The zero-order chi connectivity index (χ0) is 14.5. The molecule has 0 spiro atoms. The van der Waals surface area contributed by atoms with E-state index in [1.807, 2.05) is 26.0 Å². The summed E-state index contributed by atoms with van der Waals surface area (Å²) < 4.78 is 13.5. The summed E-state index contributed by atoms with van der Waals surface area (Å²) in [6.07, 6.45) is 4.81. The molecule has 20 heavy (non-hydrogen) atoms. The lowest BCUT2D eigenvalue weighted by atomic mass is 9.94. The standard InChI is InChI=1S/C19H21F/c1-4-5-8-16-9-6-7-10-17(16)13-18-11-15(3)19(20)12-14(18)2/h4,6-7,9-12H,1,5,8,13H2,2-3H3. The predicted octanol–water partition coefficient (Wildman–Crippen LogP) is 5.15. The van der Waals surface area contributed by atoms with Gasteiger partial charge in [0, 0.05) is 0 Å². The molecule has 0 radical (unpaired) electrons. The van der Waals surface area contributed by atoms with E-state index < -0.39 is 0 Å². The molecule has 0 unspecified atom stereocenters. The largest absolute Gasteiger partial charge is 0.207 e. The third-order valence-electron chi connectivity index (χ3n) is 3.73. The Labute approximate surface area is 121 Å². The first-order valence-electron chi connectivity index (χ1n) is 7.05. The summed E-state index contributed by atoms with van der Waals surface area (Å²) >= 11 is 0. The van der Waals surface area contributed by atoms with Crippen molar-refractivity contribution >= 4 is 0 Å². The van der Waals surface area contributed by atoms with Gasteiger partial charge in [-0.3, -0.25) is 0 Å². The molecule has 0 aliphatic heterocycles. The molecule has 0 saturated carbocycles. The molecule has 0 bridgehead atoms. The topological polar surface area (TPSA) is 0 Å². The van der Waals surface area contributed by atoms with Gasteiger partial charge in [0.05, 0.1) is 0 Å². The van der Waals surface area contributed by atoms with E-state index in [0.29, 0.717) is 5.56 Å². The molecule has 2 aromatic carbocycles. The van der Waals surface area contributed by atoms with Gasteiger partial charge in [0.2, 0.25) is 0 Å². The second-order valence-electron chi connectivity index (χ2n) is 5.30. The number of hydrogen-bond donors (Lipinski definition) is 0. The third kappa shape index (κ3) is 3.36. The van der Waals surface area contributed by atoms with Crippen molar-refractivity contribution in [3.8, 4) is 0 Å². The van der Waals surface area contributed by atoms with Crippen LogP contribution in [-0.4, -0.2) is 0 Å². The first-order chi connectivity index (χ1) is 9.61. The van der Waals surface area contributed by atoms with Crippen LogP contribution in [0.25, 0.3) is 0 Å². The highest BCUT2D eigenvalue weighted by atomic mass is 19.1. The van der Waals surface area contributed by atoms with Crippen LogP contribution < -0.4 is 0 Å². The van der Waals surface area contributed by atoms with Gasteiger partial charge in [-0.1, -0.05) is 36.4 Å². The minimum absolute atomic E-state index is 0.119. The van der Waals surface area contributed by atoms with Crippen molar-refractivity contribution in [3.05, 3.63) is 82.7 Å². The van der Waals surface area contributed by atoms with Gasteiger partial charge in [-0.05, 0) is 67.0 Å². The number of hydrogen-bond acceptors (Lipinski definition) is 0. The van der Waals surface area contributed by atoms with Crippen molar-refractivity contribution in [1.29, 1.82) is 0 Å². The molecule has 0 N–H and O–H groups in total. The van der Waals surface area contributed by atoms with E-state index in [1.54, 1.807) is 6.07 Å². The SMILES string of the molecule is C=CCCc1ccccc1Cc1cc(C)c(F)cc1C. The van der Waals surface area contributed by atoms with Crippen molar-refractivity contribution in [2.24, 2.45) is 0 Å². The summed E-state index contributed by atoms with van der Waals surface area (Å²) in [5.41, 5.74) is 5.62. The predicted molar refractivity (Wildman–Crippen MR) is 83.6 cm³/mol. The Morgan fingerprint density at radius 1 is 1.00 bits per heavy atom. The zero-order valence-electron chi connectivity index (χ0n) is 12.2. The maximum atomic E-state index is 13.5.